The quantitative estimate of drug-likeness (QED) is 0.878. The summed E-state index contributed by atoms with van der Waals surface area (Å²) in [6.07, 6.45) is 0.371. The fourth-order valence-corrected chi connectivity index (χ4v) is 1.90. The number of benzene rings is 1. The molecule has 94 valence electrons. The number of amides is 1. The van der Waals surface area contributed by atoms with E-state index in [1.54, 1.807) is 19.1 Å². The number of aliphatic hydroxyl groups is 1. The molecule has 1 amide bonds. The van der Waals surface area contributed by atoms with E-state index >= 15 is 0 Å². The third kappa shape index (κ3) is 5.33. The van der Waals surface area contributed by atoms with Gasteiger partial charge < -0.3 is 10.4 Å². The summed E-state index contributed by atoms with van der Waals surface area (Å²) in [7, 11) is 0. The fourth-order valence-electron chi connectivity index (χ4n) is 1.64. The Morgan fingerprint density at radius 2 is 1.94 bits per heavy atom. The number of nitrogens with one attached hydrogen (secondary N) is 1. The molecule has 17 heavy (non-hydrogen) atoms. The van der Waals surface area contributed by atoms with E-state index in [1.165, 1.54) is 0 Å². The van der Waals surface area contributed by atoms with Gasteiger partial charge in [-0.2, -0.15) is 0 Å². The average molecular weight is 300 g/mol. The van der Waals surface area contributed by atoms with Gasteiger partial charge in [0.2, 0.25) is 0 Å². The summed E-state index contributed by atoms with van der Waals surface area (Å²) in [4.78, 5) is 11.8. The highest BCUT2D eigenvalue weighted by Gasteiger charge is 2.09. The van der Waals surface area contributed by atoms with Crippen molar-refractivity contribution in [2.75, 3.05) is 6.54 Å². The van der Waals surface area contributed by atoms with E-state index in [-0.39, 0.29) is 17.9 Å². The van der Waals surface area contributed by atoms with Gasteiger partial charge in [-0.25, -0.2) is 0 Å². The zero-order chi connectivity index (χ0) is 12.8. The molecule has 0 radical (unpaired) electrons. The molecule has 0 aliphatic rings. The van der Waals surface area contributed by atoms with Crippen LogP contribution in [0.25, 0.3) is 0 Å². The Labute approximate surface area is 110 Å². The van der Waals surface area contributed by atoms with E-state index < -0.39 is 0 Å². The van der Waals surface area contributed by atoms with Crippen LogP contribution in [0.1, 0.15) is 30.6 Å². The van der Waals surface area contributed by atoms with Crippen LogP contribution in [0.2, 0.25) is 0 Å². The smallest absolute Gasteiger partial charge is 0.251 e. The van der Waals surface area contributed by atoms with E-state index in [4.69, 9.17) is 0 Å². The molecule has 2 atom stereocenters. The van der Waals surface area contributed by atoms with Crippen molar-refractivity contribution >= 4 is 21.8 Å². The average Bonchev–Trinajstić information content (AvgIpc) is 2.26. The van der Waals surface area contributed by atoms with Crippen LogP contribution in [-0.4, -0.2) is 23.7 Å². The third-order valence-corrected chi connectivity index (χ3v) is 2.99. The van der Waals surface area contributed by atoms with Gasteiger partial charge in [0.15, 0.2) is 0 Å². The molecule has 0 aliphatic carbocycles. The summed E-state index contributed by atoms with van der Waals surface area (Å²) in [6, 6.07) is 7.24. The number of hydrogen-bond acceptors (Lipinski definition) is 2. The molecular weight excluding hydrogens is 282 g/mol. The molecule has 2 N–H and O–H groups in total. The first-order valence-electron chi connectivity index (χ1n) is 5.71. The van der Waals surface area contributed by atoms with Gasteiger partial charge in [-0.1, -0.05) is 22.9 Å². The molecule has 1 aromatic rings. The summed E-state index contributed by atoms with van der Waals surface area (Å²) >= 11 is 3.32. The van der Waals surface area contributed by atoms with Gasteiger partial charge >= 0.3 is 0 Å². The van der Waals surface area contributed by atoms with E-state index in [0.29, 0.717) is 18.5 Å². The van der Waals surface area contributed by atoms with E-state index in [9.17, 15) is 9.90 Å². The highest BCUT2D eigenvalue weighted by Crippen LogP contribution is 2.10. The standard InChI is InChI=1S/C13H18BrNO2/c1-9(7-10(2)16)8-15-13(17)11-3-5-12(14)6-4-11/h3-6,9-10,16H,7-8H2,1-2H3,(H,15,17). The van der Waals surface area contributed by atoms with Crippen molar-refractivity contribution in [3.05, 3.63) is 34.3 Å². The number of aliphatic hydroxyl groups excluding tert-OH is 1. The van der Waals surface area contributed by atoms with Gasteiger partial charge in [0.05, 0.1) is 6.10 Å². The maximum atomic E-state index is 11.8. The van der Waals surface area contributed by atoms with Gasteiger partial charge in [-0.3, -0.25) is 4.79 Å². The molecule has 0 aromatic heterocycles. The summed E-state index contributed by atoms with van der Waals surface area (Å²) in [6.45, 7) is 4.35. The van der Waals surface area contributed by atoms with Gasteiger partial charge in [0.1, 0.15) is 0 Å². The molecule has 1 rings (SSSR count). The molecule has 4 heteroatoms. The van der Waals surface area contributed by atoms with E-state index in [0.717, 1.165) is 4.47 Å². The lowest BCUT2D eigenvalue weighted by molar-refractivity contribution is 0.0939. The maximum Gasteiger partial charge on any atom is 0.251 e. The van der Waals surface area contributed by atoms with Crippen LogP contribution in [0.5, 0.6) is 0 Å². The SMILES string of the molecule is CC(O)CC(C)CNC(=O)c1ccc(Br)cc1. The summed E-state index contributed by atoms with van der Waals surface area (Å²) in [5, 5.41) is 12.1. The van der Waals surface area contributed by atoms with Crippen LogP contribution in [0, 0.1) is 5.92 Å². The highest BCUT2D eigenvalue weighted by atomic mass is 79.9. The normalized spacial score (nSPS) is 14.1. The first-order valence-corrected chi connectivity index (χ1v) is 6.50. The molecule has 0 saturated heterocycles. The molecular formula is C13H18BrNO2. The van der Waals surface area contributed by atoms with Gasteiger partial charge in [0, 0.05) is 16.6 Å². The Kier molecular flexibility index (Phi) is 5.65. The fraction of sp³-hybridized carbons (Fsp3) is 0.462. The Balaban J connectivity index is 2.42. The van der Waals surface area contributed by atoms with Crippen LogP contribution in [-0.2, 0) is 0 Å². The molecule has 0 heterocycles. The number of hydrogen-bond donors (Lipinski definition) is 2. The molecule has 3 nitrogen and oxygen atoms in total. The number of halogens is 1. The van der Waals surface area contributed by atoms with Crippen molar-refractivity contribution in [1.29, 1.82) is 0 Å². The predicted molar refractivity (Wildman–Crippen MR) is 71.9 cm³/mol. The van der Waals surface area contributed by atoms with Gasteiger partial charge in [-0.15, -0.1) is 0 Å². The summed E-state index contributed by atoms with van der Waals surface area (Å²) in [5.41, 5.74) is 0.650. The van der Waals surface area contributed by atoms with Crippen molar-refractivity contribution in [1.82, 2.24) is 5.32 Å². The second-order valence-corrected chi connectivity index (χ2v) is 5.32. The van der Waals surface area contributed by atoms with E-state index in [2.05, 4.69) is 21.2 Å². The minimum Gasteiger partial charge on any atom is -0.393 e. The predicted octanol–water partition coefficient (Wildman–Crippen LogP) is 2.59. The van der Waals surface area contributed by atoms with Crippen molar-refractivity contribution in [2.45, 2.75) is 26.4 Å². The Hall–Kier alpha value is -0.870. The zero-order valence-corrected chi connectivity index (χ0v) is 11.7. The molecule has 0 saturated carbocycles. The topological polar surface area (TPSA) is 49.3 Å². The highest BCUT2D eigenvalue weighted by molar-refractivity contribution is 9.10. The van der Waals surface area contributed by atoms with Crippen molar-refractivity contribution < 1.29 is 9.90 Å². The number of carbonyl (C=O) groups is 1. The Bertz CT molecular complexity index is 362. The van der Waals surface area contributed by atoms with Gasteiger partial charge in [-0.05, 0) is 43.5 Å². The molecule has 0 fully saturated rings. The zero-order valence-electron chi connectivity index (χ0n) is 10.1. The lowest BCUT2D eigenvalue weighted by atomic mass is 10.0. The van der Waals surface area contributed by atoms with Crippen molar-refractivity contribution in [3.63, 3.8) is 0 Å². The minimum absolute atomic E-state index is 0.0741. The monoisotopic (exact) mass is 299 g/mol. The largest absolute Gasteiger partial charge is 0.393 e. The van der Waals surface area contributed by atoms with Crippen LogP contribution in [0.4, 0.5) is 0 Å². The van der Waals surface area contributed by atoms with Crippen LogP contribution in [0.3, 0.4) is 0 Å². The second-order valence-electron chi connectivity index (χ2n) is 4.41. The molecule has 0 spiro atoms. The van der Waals surface area contributed by atoms with Crippen molar-refractivity contribution in [2.24, 2.45) is 5.92 Å². The first-order chi connectivity index (χ1) is 7.99. The van der Waals surface area contributed by atoms with Crippen LogP contribution >= 0.6 is 15.9 Å². The molecule has 0 bridgehead atoms. The molecule has 0 aliphatic heterocycles. The molecule has 2 unspecified atom stereocenters. The van der Waals surface area contributed by atoms with Gasteiger partial charge in [0.25, 0.3) is 5.91 Å². The first kappa shape index (κ1) is 14.2. The summed E-state index contributed by atoms with van der Waals surface area (Å²) < 4.78 is 0.955. The Morgan fingerprint density at radius 3 is 2.47 bits per heavy atom. The third-order valence-electron chi connectivity index (χ3n) is 2.46. The number of rotatable bonds is 5. The maximum absolute atomic E-state index is 11.8. The van der Waals surface area contributed by atoms with Crippen molar-refractivity contribution in [3.8, 4) is 0 Å². The van der Waals surface area contributed by atoms with Crippen LogP contribution < -0.4 is 5.32 Å². The molecule has 1 aromatic carbocycles. The lowest BCUT2D eigenvalue weighted by Gasteiger charge is -2.14. The Morgan fingerprint density at radius 1 is 1.35 bits per heavy atom. The second kappa shape index (κ2) is 6.77. The summed E-state index contributed by atoms with van der Waals surface area (Å²) in [5.74, 6) is 0.198. The lowest BCUT2D eigenvalue weighted by Crippen LogP contribution is -2.29. The van der Waals surface area contributed by atoms with E-state index in [1.807, 2.05) is 19.1 Å². The van der Waals surface area contributed by atoms with Crippen LogP contribution in [0.15, 0.2) is 28.7 Å². The number of carbonyl (C=O) groups excluding carboxylic acids is 1. The minimum atomic E-state index is -0.324.